The van der Waals surface area contributed by atoms with Gasteiger partial charge in [0, 0.05) is 35.1 Å². The molecule has 0 aliphatic carbocycles. The minimum Gasteiger partial charge on any atom is -0.347 e. The van der Waals surface area contributed by atoms with E-state index in [4.69, 9.17) is 0 Å². The number of hydrogen-bond donors (Lipinski definition) is 0. The average molecular weight is 301 g/mol. The number of fused-ring (bicyclic) bond motifs is 1. The van der Waals surface area contributed by atoms with Crippen molar-refractivity contribution >= 4 is 26.8 Å². The zero-order valence-corrected chi connectivity index (χ0v) is 11.5. The van der Waals surface area contributed by atoms with E-state index < -0.39 is 0 Å². The molecule has 0 saturated carbocycles. The number of hydrogen-bond acceptors (Lipinski definition) is 1. The van der Waals surface area contributed by atoms with Crippen molar-refractivity contribution < 1.29 is 0 Å². The quantitative estimate of drug-likeness (QED) is 0.714. The molecule has 0 N–H and O–H groups in total. The predicted molar refractivity (Wildman–Crippen MR) is 77.6 cm³/mol. The molecule has 0 radical (unpaired) electrons. The van der Waals surface area contributed by atoms with E-state index in [9.17, 15) is 0 Å². The zero-order chi connectivity index (χ0) is 12.4. The van der Waals surface area contributed by atoms with Gasteiger partial charge in [-0.2, -0.15) is 0 Å². The van der Waals surface area contributed by atoms with Crippen LogP contribution in [0.3, 0.4) is 0 Å². The van der Waals surface area contributed by atoms with Crippen LogP contribution in [0, 0.1) is 0 Å². The molecule has 1 aromatic carbocycles. The minimum atomic E-state index is 0.978. The molecule has 3 rings (SSSR count). The smallest absolute Gasteiger partial charge is 0.0491 e. The fraction of sp³-hybridized carbons (Fsp3) is 0.133. The first-order valence-corrected chi connectivity index (χ1v) is 6.75. The molecule has 2 nitrogen and oxygen atoms in total. The summed E-state index contributed by atoms with van der Waals surface area (Å²) in [7, 11) is 0. The fourth-order valence-electron chi connectivity index (χ4n) is 2.15. The molecule has 0 spiro atoms. The first-order valence-electron chi connectivity index (χ1n) is 5.96. The Hall–Kier alpha value is -1.61. The van der Waals surface area contributed by atoms with Gasteiger partial charge in [0.25, 0.3) is 0 Å². The molecule has 0 atom stereocenters. The molecule has 0 aliphatic heterocycles. The van der Waals surface area contributed by atoms with Gasteiger partial charge in [-0.25, -0.2) is 0 Å². The summed E-state index contributed by atoms with van der Waals surface area (Å²) in [5.41, 5.74) is 2.54. The Bertz CT molecular complexity index is 659. The van der Waals surface area contributed by atoms with Crippen molar-refractivity contribution in [2.24, 2.45) is 0 Å². The SMILES string of the molecule is Brc1ccc2ccn(CCc3cccnc3)c2c1. The number of aromatic nitrogens is 2. The Balaban J connectivity index is 1.85. The Morgan fingerprint density at radius 2 is 2.11 bits per heavy atom. The van der Waals surface area contributed by atoms with Crippen LogP contribution in [0.15, 0.2) is 59.5 Å². The summed E-state index contributed by atoms with van der Waals surface area (Å²) in [5, 5.41) is 1.28. The van der Waals surface area contributed by atoms with E-state index in [0.29, 0.717) is 0 Å². The van der Waals surface area contributed by atoms with Gasteiger partial charge in [0.2, 0.25) is 0 Å². The maximum Gasteiger partial charge on any atom is 0.0491 e. The molecule has 18 heavy (non-hydrogen) atoms. The number of aryl methyl sites for hydroxylation is 2. The Labute approximate surface area is 114 Å². The van der Waals surface area contributed by atoms with Crippen molar-refractivity contribution in [1.82, 2.24) is 9.55 Å². The second-order valence-electron chi connectivity index (χ2n) is 4.32. The lowest BCUT2D eigenvalue weighted by Crippen LogP contribution is -1.99. The molecule has 3 heteroatoms. The third-order valence-electron chi connectivity index (χ3n) is 3.10. The van der Waals surface area contributed by atoms with Gasteiger partial charge < -0.3 is 4.57 Å². The number of pyridine rings is 1. The highest BCUT2D eigenvalue weighted by Crippen LogP contribution is 2.21. The summed E-state index contributed by atoms with van der Waals surface area (Å²) in [5.74, 6) is 0. The standard InChI is InChI=1S/C15H13BrN2/c16-14-4-3-13-6-9-18(15(13)10-14)8-5-12-2-1-7-17-11-12/h1-4,6-7,9-11H,5,8H2. The van der Waals surface area contributed by atoms with Crippen LogP contribution in [0.2, 0.25) is 0 Å². The summed E-state index contributed by atoms with van der Waals surface area (Å²) in [6.45, 7) is 0.978. The number of benzene rings is 1. The van der Waals surface area contributed by atoms with E-state index in [2.05, 4.69) is 62.0 Å². The first-order chi connectivity index (χ1) is 8.83. The molecule has 0 aliphatic rings. The highest BCUT2D eigenvalue weighted by molar-refractivity contribution is 9.10. The molecule has 0 amide bonds. The molecule has 0 unspecified atom stereocenters. The van der Waals surface area contributed by atoms with Crippen LogP contribution in [0.5, 0.6) is 0 Å². The largest absolute Gasteiger partial charge is 0.347 e. The maximum absolute atomic E-state index is 4.14. The Morgan fingerprint density at radius 3 is 2.94 bits per heavy atom. The van der Waals surface area contributed by atoms with E-state index in [1.165, 1.54) is 16.5 Å². The minimum absolute atomic E-state index is 0.978. The second kappa shape index (κ2) is 4.94. The highest BCUT2D eigenvalue weighted by atomic mass is 79.9. The van der Waals surface area contributed by atoms with Gasteiger partial charge in [-0.3, -0.25) is 4.98 Å². The molecule has 2 aromatic heterocycles. The lowest BCUT2D eigenvalue weighted by Gasteiger charge is -2.05. The molecule has 0 bridgehead atoms. The lowest BCUT2D eigenvalue weighted by atomic mass is 10.2. The Kier molecular flexibility index (Phi) is 3.15. The molecule has 0 fully saturated rings. The van der Waals surface area contributed by atoms with Gasteiger partial charge in [-0.1, -0.05) is 28.1 Å². The predicted octanol–water partition coefficient (Wildman–Crippen LogP) is 4.04. The Morgan fingerprint density at radius 1 is 1.17 bits per heavy atom. The second-order valence-corrected chi connectivity index (χ2v) is 5.24. The lowest BCUT2D eigenvalue weighted by molar-refractivity contribution is 0.721. The van der Waals surface area contributed by atoms with Crippen molar-refractivity contribution in [3.8, 4) is 0 Å². The molecular weight excluding hydrogens is 288 g/mol. The van der Waals surface area contributed by atoms with Crippen molar-refractivity contribution in [2.75, 3.05) is 0 Å². The number of halogens is 1. The van der Waals surface area contributed by atoms with Crippen LogP contribution in [-0.2, 0) is 13.0 Å². The summed E-state index contributed by atoms with van der Waals surface area (Å²) >= 11 is 3.52. The zero-order valence-electron chi connectivity index (χ0n) is 9.88. The van der Waals surface area contributed by atoms with Gasteiger partial charge in [-0.15, -0.1) is 0 Å². The maximum atomic E-state index is 4.14. The third kappa shape index (κ3) is 2.31. The highest BCUT2D eigenvalue weighted by Gasteiger charge is 2.02. The summed E-state index contributed by atoms with van der Waals surface area (Å²) in [6.07, 6.45) is 6.89. The van der Waals surface area contributed by atoms with Gasteiger partial charge in [0.05, 0.1) is 0 Å². The van der Waals surface area contributed by atoms with Crippen LogP contribution in [0.25, 0.3) is 10.9 Å². The van der Waals surface area contributed by atoms with Gasteiger partial charge in [0.15, 0.2) is 0 Å². The molecule has 3 aromatic rings. The van der Waals surface area contributed by atoms with Gasteiger partial charge in [-0.05, 0) is 41.6 Å². The monoisotopic (exact) mass is 300 g/mol. The topological polar surface area (TPSA) is 17.8 Å². The average Bonchev–Trinajstić information content (AvgIpc) is 2.80. The van der Waals surface area contributed by atoms with Crippen molar-refractivity contribution in [2.45, 2.75) is 13.0 Å². The van der Waals surface area contributed by atoms with Crippen LogP contribution >= 0.6 is 15.9 Å². The summed E-state index contributed by atoms with van der Waals surface area (Å²) in [6, 6.07) is 12.6. The fourth-order valence-corrected chi connectivity index (χ4v) is 2.50. The normalized spacial score (nSPS) is 10.9. The van der Waals surface area contributed by atoms with E-state index in [1.807, 2.05) is 18.5 Å². The van der Waals surface area contributed by atoms with Crippen LogP contribution in [0.4, 0.5) is 0 Å². The van der Waals surface area contributed by atoms with Crippen LogP contribution < -0.4 is 0 Å². The first kappa shape index (κ1) is 11.5. The molecule has 90 valence electrons. The molecule has 0 saturated heterocycles. The van der Waals surface area contributed by atoms with Gasteiger partial charge >= 0.3 is 0 Å². The van der Waals surface area contributed by atoms with Crippen LogP contribution in [0.1, 0.15) is 5.56 Å². The van der Waals surface area contributed by atoms with Crippen molar-refractivity contribution in [1.29, 1.82) is 0 Å². The number of rotatable bonds is 3. The van der Waals surface area contributed by atoms with E-state index in [0.717, 1.165) is 17.4 Å². The summed E-state index contributed by atoms with van der Waals surface area (Å²) in [4.78, 5) is 4.14. The molecule has 2 heterocycles. The van der Waals surface area contributed by atoms with E-state index in [-0.39, 0.29) is 0 Å². The van der Waals surface area contributed by atoms with E-state index in [1.54, 1.807) is 0 Å². The summed E-state index contributed by atoms with van der Waals surface area (Å²) < 4.78 is 3.41. The van der Waals surface area contributed by atoms with Gasteiger partial charge in [0.1, 0.15) is 0 Å². The molecular formula is C15H13BrN2. The van der Waals surface area contributed by atoms with Crippen molar-refractivity contribution in [3.05, 3.63) is 65.0 Å². The van der Waals surface area contributed by atoms with Crippen molar-refractivity contribution in [3.63, 3.8) is 0 Å². The van der Waals surface area contributed by atoms with Crippen LogP contribution in [-0.4, -0.2) is 9.55 Å². The van der Waals surface area contributed by atoms with E-state index >= 15 is 0 Å². The number of nitrogens with zero attached hydrogens (tertiary/aromatic N) is 2. The third-order valence-corrected chi connectivity index (χ3v) is 3.59.